The van der Waals surface area contributed by atoms with Crippen molar-refractivity contribution in [1.82, 2.24) is 0 Å². The standard InChI is InChI=1S/C31H28N2O3/c1-4-33(5-2)22-15-16-28-25(18-22)31(24-14-10-9-13-23(24)30(34)36-31)26-19-27(20(3)17-29(26)35-28)32-21-11-7-6-8-12-21/h6-19,32H,4-5H2,1-3H3. The molecule has 6 rings (SSSR count). The van der Waals surface area contributed by atoms with Gasteiger partial charge in [0, 0.05) is 46.8 Å². The quantitative estimate of drug-likeness (QED) is 0.310. The van der Waals surface area contributed by atoms with Gasteiger partial charge in [0.05, 0.1) is 5.56 Å². The molecule has 0 saturated carbocycles. The smallest absolute Gasteiger partial charge is 0.340 e. The lowest BCUT2D eigenvalue weighted by atomic mass is 9.77. The van der Waals surface area contributed by atoms with Gasteiger partial charge in [-0.15, -0.1) is 0 Å². The lowest BCUT2D eigenvalue weighted by Gasteiger charge is -2.38. The molecule has 2 aliphatic rings. The molecular weight excluding hydrogens is 448 g/mol. The average molecular weight is 477 g/mol. The Morgan fingerprint density at radius 2 is 1.53 bits per heavy atom. The monoisotopic (exact) mass is 476 g/mol. The molecule has 5 heteroatoms. The van der Waals surface area contributed by atoms with Crippen molar-refractivity contribution < 1.29 is 14.3 Å². The first-order valence-corrected chi connectivity index (χ1v) is 12.4. The van der Waals surface area contributed by atoms with E-state index in [2.05, 4.69) is 49.2 Å². The highest BCUT2D eigenvalue weighted by Crippen LogP contribution is 2.57. The molecule has 0 aliphatic carbocycles. The van der Waals surface area contributed by atoms with Crippen LogP contribution < -0.4 is 15.0 Å². The summed E-state index contributed by atoms with van der Waals surface area (Å²) in [4.78, 5) is 15.5. The van der Waals surface area contributed by atoms with Gasteiger partial charge in [-0.3, -0.25) is 0 Å². The number of hydrogen-bond acceptors (Lipinski definition) is 5. The van der Waals surface area contributed by atoms with Gasteiger partial charge in [-0.05, 0) is 74.9 Å². The second-order valence-corrected chi connectivity index (χ2v) is 9.23. The molecule has 4 aromatic carbocycles. The first-order valence-electron chi connectivity index (χ1n) is 12.4. The van der Waals surface area contributed by atoms with Gasteiger partial charge in [-0.25, -0.2) is 4.79 Å². The van der Waals surface area contributed by atoms with Crippen LogP contribution in [0.3, 0.4) is 0 Å². The van der Waals surface area contributed by atoms with Gasteiger partial charge in [0.2, 0.25) is 0 Å². The van der Waals surface area contributed by atoms with Crippen LogP contribution in [-0.4, -0.2) is 19.1 Å². The fourth-order valence-electron chi connectivity index (χ4n) is 5.40. The highest BCUT2D eigenvalue weighted by molar-refractivity contribution is 5.97. The Morgan fingerprint density at radius 1 is 0.806 bits per heavy atom. The molecule has 4 aromatic rings. The molecule has 0 radical (unpaired) electrons. The van der Waals surface area contributed by atoms with Crippen molar-refractivity contribution in [3.8, 4) is 11.5 Å². The second-order valence-electron chi connectivity index (χ2n) is 9.23. The predicted molar refractivity (Wildman–Crippen MR) is 143 cm³/mol. The molecule has 2 heterocycles. The summed E-state index contributed by atoms with van der Waals surface area (Å²) >= 11 is 0. The van der Waals surface area contributed by atoms with E-state index >= 15 is 0 Å². The highest BCUT2D eigenvalue weighted by Gasteiger charge is 2.53. The van der Waals surface area contributed by atoms with Gasteiger partial charge in [-0.2, -0.15) is 0 Å². The molecule has 1 spiro atoms. The summed E-state index contributed by atoms with van der Waals surface area (Å²) in [7, 11) is 0. The van der Waals surface area contributed by atoms with E-state index < -0.39 is 5.60 Å². The van der Waals surface area contributed by atoms with E-state index in [1.54, 1.807) is 0 Å². The van der Waals surface area contributed by atoms with Crippen molar-refractivity contribution in [2.75, 3.05) is 23.3 Å². The van der Waals surface area contributed by atoms with Crippen LogP contribution in [0.5, 0.6) is 11.5 Å². The lowest BCUT2D eigenvalue weighted by Crippen LogP contribution is -2.34. The first kappa shape index (κ1) is 22.2. The van der Waals surface area contributed by atoms with Gasteiger partial charge < -0.3 is 19.7 Å². The summed E-state index contributed by atoms with van der Waals surface area (Å²) in [5, 5.41) is 3.53. The van der Waals surface area contributed by atoms with E-state index in [9.17, 15) is 4.79 Å². The Kier molecular flexibility index (Phi) is 5.22. The minimum atomic E-state index is -1.10. The first-order chi connectivity index (χ1) is 17.5. The van der Waals surface area contributed by atoms with Crippen molar-refractivity contribution in [3.63, 3.8) is 0 Å². The third kappa shape index (κ3) is 3.27. The molecule has 0 saturated heterocycles. The Hall–Kier alpha value is -4.25. The van der Waals surface area contributed by atoms with E-state index in [0.29, 0.717) is 17.1 Å². The number of anilines is 3. The molecule has 180 valence electrons. The third-order valence-electron chi connectivity index (χ3n) is 7.22. The summed E-state index contributed by atoms with van der Waals surface area (Å²) in [6, 6.07) is 28.0. The molecule has 1 unspecified atom stereocenters. The highest BCUT2D eigenvalue weighted by atomic mass is 16.6. The normalized spacial score (nSPS) is 17.0. The van der Waals surface area contributed by atoms with Crippen LogP contribution in [0, 0.1) is 6.92 Å². The van der Waals surface area contributed by atoms with Crippen molar-refractivity contribution in [2.45, 2.75) is 26.4 Å². The van der Waals surface area contributed by atoms with Gasteiger partial charge in [0.25, 0.3) is 0 Å². The Bertz CT molecular complexity index is 1480. The summed E-state index contributed by atoms with van der Waals surface area (Å²) in [5.74, 6) is 1.07. The van der Waals surface area contributed by atoms with Gasteiger partial charge >= 0.3 is 5.97 Å². The number of nitrogens with zero attached hydrogens (tertiary/aromatic N) is 1. The van der Waals surface area contributed by atoms with Gasteiger partial charge in [-0.1, -0.05) is 36.4 Å². The van der Waals surface area contributed by atoms with Gasteiger partial charge in [0.15, 0.2) is 5.60 Å². The number of carbonyl (C=O) groups excluding carboxylic acids is 1. The SMILES string of the molecule is CCN(CC)c1ccc2c(c1)C1(OC(=O)c3ccccc31)c1cc(Nc3ccccc3)c(C)cc1O2. The zero-order chi connectivity index (χ0) is 24.9. The largest absolute Gasteiger partial charge is 0.456 e. The molecule has 1 N–H and O–H groups in total. The van der Waals surface area contributed by atoms with E-state index in [1.807, 2.05) is 66.7 Å². The van der Waals surface area contributed by atoms with Crippen LogP contribution in [0.1, 0.15) is 46.5 Å². The van der Waals surface area contributed by atoms with Crippen molar-refractivity contribution in [3.05, 3.63) is 113 Å². The predicted octanol–water partition coefficient (Wildman–Crippen LogP) is 7.15. The number of para-hydroxylation sites is 1. The number of esters is 1. The Balaban J connectivity index is 1.61. The molecule has 5 nitrogen and oxygen atoms in total. The Labute approximate surface area is 211 Å². The number of aryl methyl sites for hydroxylation is 1. The maximum absolute atomic E-state index is 13.2. The lowest BCUT2D eigenvalue weighted by molar-refractivity contribution is 0.0224. The minimum Gasteiger partial charge on any atom is -0.456 e. The van der Waals surface area contributed by atoms with Crippen molar-refractivity contribution in [1.29, 1.82) is 0 Å². The van der Waals surface area contributed by atoms with Gasteiger partial charge in [0.1, 0.15) is 11.5 Å². The molecule has 36 heavy (non-hydrogen) atoms. The maximum atomic E-state index is 13.2. The number of hydrogen-bond donors (Lipinski definition) is 1. The molecule has 0 fully saturated rings. The average Bonchev–Trinajstić information content (AvgIpc) is 3.20. The molecule has 0 aromatic heterocycles. The maximum Gasteiger partial charge on any atom is 0.340 e. The van der Waals surface area contributed by atoms with E-state index in [-0.39, 0.29) is 5.97 Å². The van der Waals surface area contributed by atoms with Crippen LogP contribution >= 0.6 is 0 Å². The number of fused-ring (bicyclic) bond motifs is 6. The van der Waals surface area contributed by atoms with Crippen molar-refractivity contribution >= 4 is 23.0 Å². The minimum absolute atomic E-state index is 0.323. The molecule has 0 amide bonds. The topological polar surface area (TPSA) is 50.8 Å². The summed E-state index contributed by atoms with van der Waals surface area (Å²) in [6.45, 7) is 8.08. The fraction of sp³-hybridized carbons (Fsp3) is 0.194. The Morgan fingerprint density at radius 3 is 2.31 bits per heavy atom. The molecular formula is C31H28N2O3. The second kappa shape index (κ2) is 8.45. The zero-order valence-corrected chi connectivity index (χ0v) is 20.7. The van der Waals surface area contributed by atoms with E-state index in [0.717, 1.165) is 52.4 Å². The van der Waals surface area contributed by atoms with Crippen LogP contribution in [0.15, 0.2) is 84.9 Å². The van der Waals surface area contributed by atoms with Crippen LogP contribution in [0.4, 0.5) is 17.1 Å². The number of benzene rings is 4. The molecule has 1 atom stereocenters. The summed E-state index contributed by atoms with van der Waals surface area (Å²) < 4.78 is 12.9. The molecule has 0 bridgehead atoms. The summed E-state index contributed by atoms with van der Waals surface area (Å²) in [5.41, 5.74) is 6.01. The van der Waals surface area contributed by atoms with Crippen LogP contribution in [0.2, 0.25) is 0 Å². The number of carbonyl (C=O) groups is 1. The summed E-state index contributed by atoms with van der Waals surface area (Å²) in [6.07, 6.45) is 0. The molecule has 2 aliphatic heterocycles. The number of rotatable bonds is 5. The van der Waals surface area contributed by atoms with Crippen LogP contribution in [-0.2, 0) is 10.3 Å². The third-order valence-corrected chi connectivity index (χ3v) is 7.22. The number of ether oxygens (including phenoxy) is 2. The van der Waals surface area contributed by atoms with Crippen molar-refractivity contribution in [2.24, 2.45) is 0 Å². The number of nitrogens with one attached hydrogen (secondary N) is 1. The van der Waals surface area contributed by atoms with E-state index in [4.69, 9.17) is 9.47 Å². The fourth-order valence-corrected chi connectivity index (χ4v) is 5.40. The van der Waals surface area contributed by atoms with Crippen LogP contribution in [0.25, 0.3) is 0 Å². The van der Waals surface area contributed by atoms with E-state index in [1.165, 1.54) is 0 Å². The zero-order valence-electron chi connectivity index (χ0n) is 20.7.